The van der Waals surface area contributed by atoms with E-state index in [0.717, 1.165) is 62.4 Å². The number of benzene rings is 1. The lowest BCUT2D eigenvalue weighted by atomic mass is 9.94. The van der Waals surface area contributed by atoms with Gasteiger partial charge in [-0.15, -0.1) is 0 Å². The lowest BCUT2D eigenvalue weighted by Crippen LogP contribution is -2.44. The first-order chi connectivity index (χ1) is 15.4. The second kappa shape index (κ2) is 9.12. The van der Waals surface area contributed by atoms with Gasteiger partial charge in [0.25, 0.3) is 0 Å². The van der Waals surface area contributed by atoms with E-state index in [0.29, 0.717) is 17.1 Å². The topological polar surface area (TPSA) is 48.5 Å². The van der Waals surface area contributed by atoms with Crippen molar-refractivity contribution in [2.75, 3.05) is 37.6 Å². The van der Waals surface area contributed by atoms with Crippen molar-refractivity contribution in [3.63, 3.8) is 0 Å². The van der Waals surface area contributed by atoms with Crippen molar-refractivity contribution in [2.24, 2.45) is 11.8 Å². The third kappa shape index (κ3) is 4.93. The maximum Gasteiger partial charge on any atom is 0.223 e. The van der Waals surface area contributed by atoms with Crippen molar-refractivity contribution >= 4 is 41.0 Å². The summed E-state index contributed by atoms with van der Waals surface area (Å²) in [5, 5.41) is 2.68. The predicted molar refractivity (Wildman–Crippen MR) is 135 cm³/mol. The fourth-order valence-electron chi connectivity index (χ4n) is 5.23. The highest BCUT2D eigenvalue weighted by Gasteiger charge is 2.32. The molecule has 0 radical (unpaired) electrons. The summed E-state index contributed by atoms with van der Waals surface area (Å²) < 4.78 is 14.6. The van der Waals surface area contributed by atoms with E-state index in [1.807, 2.05) is 24.3 Å². The van der Waals surface area contributed by atoms with Crippen LogP contribution in [0.5, 0.6) is 0 Å². The minimum Gasteiger partial charge on any atom is -0.371 e. The van der Waals surface area contributed by atoms with E-state index in [9.17, 15) is 9.18 Å². The number of piperidine rings is 1. The number of carbonyl (C=O) groups excluding carboxylic acids is 1. The van der Waals surface area contributed by atoms with Gasteiger partial charge in [-0.1, -0.05) is 24.5 Å². The van der Waals surface area contributed by atoms with Crippen molar-refractivity contribution in [1.82, 2.24) is 15.2 Å². The minimum atomic E-state index is -1.61. The fourth-order valence-corrected chi connectivity index (χ4v) is 5.69. The molecule has 0 spiro atoms. The van der Waals surface area contributed by atoms with Crippen LogP contribution in [0.3, 0.4) is 0 Å². The quantitative estimate of drug-likeness (QED) is 0.646. The van der Waals surface area contributed by atoms with Gasteiger partial charge in [-0.05, 0) is 56.2 Å². The number of nitrogens with zero attached hydrogens (tertiary/aromatic N) is 3. The molecule has 3 unspecified atom stereocenters. The molecular formula is C24H33FN4OP2. The number of fused-ring (bicyclic) bond motifs is 1. The minimum absolute atomic E-state index is 0.0740. The van der Waals surface area contributed by atoms with Crippen LogP contribution in [0.1, 0.15) is 37.7 Å². The Hall–Kier alpha value is -1.35. The Balaban J connectivity index is 1.20. The molecule has 8 heteroatoms. The van der Waals surface area contributed by atoms with Gasteiger partial charge in [-0.3, -0.25) is 9.78 Å². The SMILES string of the molecule is O=C(NC1CCN(CC2CC2)C1)C1CCN(c2ccc(C(F)(P)P)c3ncccc23)CC1. The van der Waals surface area contributed by atoms with Crippen LogP contribution in [-0.2, 0) is 9.95 Å². The number of alkyl halides is 1. The molecule has 1 amide bonds. The van der Waals surface area contributed by atoms with Crippen molar-refractivity contribution < 1.29 is 9.18 Å². The summed E-state index contributed by atoms with van der Waals surface area (Å²) in [5.41, 5.74) is 2.31. The zero-order valence-electron chi connectivity index (χ0n) is 18.5. The maximum absolute atomic E-state index is 14.6. The lowest BCUT2D eigenvalue weighted by Gasteiger charge is -2.34. The molecule has 1 aliphatic carbocycles. The number of hydrogen-bond donors (Lipinski definition) is 1. The molecule has 3 heterocycles. The molecule has 1 aromatic heterocycles. The average Bonchev–Trinajstić information content (AvgIpc) is 3.49. The van der Waals surface area contributed by atoms with Crippen LogP contribution in [-0.4, -0.2) is 54.6 Å². The van der Waals surface area contributed by atoms with Crippen molar-refractivity contribution in [3.8, 4) is 0 Å². The number of rotatable bonds is 6. The van der Waals surface area contributed by atoms with Crippen LogP contribution in [0.15, 0.2) is 30.5 Å². The van der Waals surface area contributed by atoms with E-state index in [1.54, 1.807) is 6.20 Å². The summed E-state index contributed by atoms with van der Waals surface area (Å²) >= 11 is 0. The van der Waals surface area contributed by atoms with Crippen molar-refractivity contribution in [1.29, 1.82) is 0 Å². The van der Waals surface area contributed by atoms with Gasteiger partial charge in [0.1, 0.15) is 0 Å². The van der Waals surface area contributed by atoms with Gasteiger partial charge >= 0.3 is 0 Å². The molecule has 32 heavy (non-hydrogen) atoms. The first-order valence-electron chi connectivity index (χ1n) is 11.8. The van der Waals surface area contributed by atoms with Gasteiger partial charge in [-0.2, -0.15) is 0 Å². The molecule has 5 rings (SSSR count). The molecule has 2 aromatic rings. The van der Waals surface area contributed by atoms with Crippen molar-refractivity contribution in [2.45, 2.75) is 43.3 Å². The maximum atomic E-state index is 14.6. The van der Waals surface area contributed by atoms with E-state index in [4.69, 9.17) is 0 Å². The highest BCUT2D eigenvalue weighted by molar-refractivity contribution is 7.38. The number of likely N-dealkylation sites (tertiary alicyclic amines) is 1. The van der Waals surface area contributed by atoms with Crippen LogP contribution >= 0.6 is 18.5 Å². The van der Waals surface area contributed by atoms with Gasteiger partial charge in [0.05, 0.1) is 5.52 Å². The van der Waals surface area contributed by atoms with Gasteiger partial charge in [0, 0.05) is 67.5 Å². The van der Waals surface area contributed by atoms with E-state index >= 15 is 0 Å². The fraction of sp³-hybridized carbons (Fsp3) is 0.583. The molecule has 2 aliphatic heterocycles. The Morgan fingerprint density at radius 3 is 2.62 bits per heavy atom. The Morgan fingerprint density at radius 1 is 1.12 bits per heavy atom. The summed E-state index contributed by atoms with van der Waals surface area (Å²) in [5.74, 6) is 1.20. The number of nitrogens with one attached hydrogen (secondary N) is 1. The number of hydrogen-bond acceptors (Lipinski definition) is 4. The molecule has 1 aromatic carbocycles. The standard InChI is InChI=1S/C24H33FN4OP2/c25-24(31,32)20-5-6-21(19-2-1-10-26-22(19)20)29-12-7-17(8-13-29)23(30)27-18-9-11-28(15-18)14-16-3-4-16/h1-2,5-6,10,16-18H,3-4,7-9,11-15,31-32H2,(H,27,30). The van der Waals surface area contributed by atoms with E-state index in [2.05, 4.69) is 38.6 Å². The Labute approximate surface area is 194 Å². The highest BCUT2D eigenvalue weighted by atomic mass is 31.1. The van der Waals surface area contributed by atoms with Crippen LogP contribution in [0.4, 0.5) is 10.1 Å². The Kier molecular flexibility index (Phi) is 6.40. The van der Waals surface area contributed by atoms with Crippen molar-refractivity contribution in [3.05, 3.63) is 36.0 Å². The van der Waals surface area contributed by atoms with Gasteiger partial charge in [0.2, 0.25) is 5.91 Å². The molecule has 1 saturated carbocycles. The second-order valence-electron chi connectivity index (χ2n) is 9.76. The van der Waals surface area contributed by atoms with Crippen LogP contribution in [0, 0.1) is 11.8 Å². The highest BCUT2D eigenvalue weighted by Crippen LogP contribution is 2.44. The van der Waals surface area contributed by atoms with Gasteiger partial charge in [-0.25, -0.2) is 4.39 Å². The summed E-state index contributed by atoms with van der Waals surface area (Å²) in [6.45, 7) is 4.98. The number of anilines is 1. The monoisotopic (exact) mass is 474 g/mol. The normalized spacial score (nSPS) is 23.1. The molecule has 3 atom stereocenters. The van der Waals surface area contributed by atoms with Crippen LogP contribution in [0.25, 0.3) is 10.9 Å². The second-order valence-corrected chi connectivity index (χ2v) is 12.1. The average molecular weight is 475 g/mol. The number of halogens is 1. The largest absolute Gasteiger partial charge is 0.371 e. The zero-order valence-corrected chi connectivity index (χ0v) is 20.8. The summed E-state index contributed by atoms with van der Waals surface area (Å²) in [6.07, 6.45) is 7.22. The first kappa shape index (κ1) is 22.4. The molecule has 2 saturated heterocycles. The Morgan fingerprint density at radius 2 is 1.91 bits per heavy atom. The van der Waals surface area contributed by atoms with Crippen LogP contribution < -0.4 is 10.2 Å². The molecule has 1 N–H and O–H groups in total. The molecule has 0 bridgehead atoms. The molecule has 5 nitrogen and oxygen atoms in total. The third-order valence-corrected chi connectivity index (χ3v) is 7.82. The summed E-state index contributed by atoms with van der Waals surface area (Å²) in [7, 11) is 4.47. The Bertz CT molecular complexity index is 986. The number of amides is 1. The third-order valence-electron chi connectivity index (χ3n) is 7.20. The summed E-state index contributed by atoms with van der Waals surface area (Å²) in [6, 6.07) is 8.04. The first-order valence-corrected chi connectivity index (χ1v) is 13.0. The predicted octanol–water partition coefficient (Wildman–Crippen LogP) is 3.88. The van der Waals surface area contributed by atoms with Gasteiger partial charge < -0.3 is 15.1 Å². The smallest absolute Gasteiger partial charge is 0.223 e. The molecule has 3 fully saturated rings. The lowest BCUT2D eigenvalue weighted by molar-refractivity contribution is -0.126. The number of carbonyl (C=O) groups is 1. The van der Waals surface area contributed by atoms with Crippen LogP contribution in [0.2, 0.25) is 0 Å². The summed E-state index contributed by atoms with van der Waals surface area (Å²) in [4.78, 5) is 22.2. The van der Waals surface area contributed by atoms with E-state index in [-0.39, 0.29) is 11.8 Å². The van der Waals surface area contributed by atoms with E-state index < -0.39 is 5.15 Å². The number of pyridine rings is 1. The van der Waals surface area contributed by atoms with Gasteiger partial charge in [0.15, 0.2) is 5.15 Å². The van der Waals surface area contributed by atoms with E-state index in [1.165, 1.54) is 19.4 Å². The number of aromatic nitrogens is 1. The molecular weight excluding hydrogens is 441 g/mol. The molecule has 3 aliphatic rings. The zero-order chi connectivity index (χ0) is 22.3. The molecule has 172 valence electrons.